The second kappa shape index (κ2) is 8.23. The van der Waals surface area contributed by atoms with Crippen molar-refractivity contribution in [2.45, 2.75) is 26.2 Å². The highest BCUT2D eigenvalue weighted by Gasteiger charge is 2.11. The van der Waals surface area contributed by atoms with Crippen LogP contribution in [0.3, 0.4) is 0 Å². The highest BCUT2D eigenvalue weighted by Crippen LogP contribution is 1.98. The fourth-order valence-electron chi connectivity index (χ4n) is 1.17. The maximum Gasteiger partial charge on any atom is 0.239 e. The minimum absolute atomic E-state index is 0.00490. The van der Waals surface area contributed by atoms with Gasteiger partial charge in [-0.1, -0.05) is 0 Å². The summed E-state index contributed by atoms with van der Waals surface area (Å²) in [4.78, 5) is 24.1. The number of amides is 2. The molecule has 0 aromatic rings. The van der Waals surface area contributed by atoms with Crippen LogP contribution < -0.4 is 11.1 Å². The van der Waals surface area contributed by atoms with Crippen molar-refractivity contribution in [1.29, 1.82) is 0 Å². The lowest BCUT2D eigenvalue weighted by Crippen LogP contribution is -2.38. The topological polar surface area (TPSA) is 75.4 Å². The van der Waals surface area contributed by atoms with Gasteiger partial charge in [-0.15, -0.1) is 0 Å². The molecule has 2 amide bonds. The molecule has 0 aromatic heterocycles. The largest absolute Gasteiger partial charge is 0.355 e. The van der Waals surface area contributed by atoms with E-state index in [-0.39, 0.29) is 18.4 Å². The molecular formula is C10H21N3O2. The standard InChI is InChI=1S/C10H21N3O2/c1-3-12-9(14)8-13(2)10(15)6-4-5-7-11/h3-8,11H2,1-2H3,(H,12,14). The molecule has 0 unspecified atom stereocenters. The summed E-state index contributed by atoms with van der Waals surface area (Å²) in [6.07, 6.45) is 2.10. The smallest absolute Gasteiger partial charge is 0.239 e. The van der Waals surface area contributed by atoms with Crippen LogP contribution in [-0.2, 0) is 9.59 Å². The van der Waals surface area contributed by atoms with E-state index in [0.29, 0.717) is 19.5 Å². The summed E-state index contributed by atoms with van der Waals surface area (Å²) in [7, 11) is 1.64. The molecule has 88 valence electrons. The van der Waals surface area contributed by atoms with Crippen LogP contribution in [0.5, 0.6) is 0 Å². The molecule has 0 aliphatic heterocycles. The Hall–Kier alpha value is -1.10. The number of unbranched alkanes of at least 4 members (excludes halogenated alkanes) is 1. The van der Waals surface area contributed by atoms with Gasteiger partial charge in [0, 0.05) is 20.0 Å². The minimum Gasteiger partial charge on any atom is -0.355 e. The van der Waals surface area contributed by atoms with Gasteiger partial charge in [0.1, 0.15) is 0 Å². The van der Waals surface area contributed by atoms with Gasteiger partial charge in [-0.3, -0.25) is 9.59 Å². The third kappa shape index (κ3) is 6.90. The fourth-order valence-corrected chi connectivity index (χ4v) is 1.17. The van der Waals surface area contributed by atoms with Crippen molar-refractivity contribution in [3.05, 3.63) is 0 Å². The van der Waals surface area contributed by atoms with Gasteiger partial charge >= 0.3 is 0 Å². The van der Waals surface area contributed by atoms with Crippen LogP contribution in [0.25, 0.3) is 0 Å². The molecule has 0 fully saturated rings. The predicted octanol–water partition coefficient (Wildman–Crippen LogP) is -0.290. The highest BCUT2D eigenvalue weighted by molar-refractivity contribution is 5.84. The molecule has 0 saturated carbocycles. The van der Waals surface area contributed by atoms with E-state index < -0.39 is 0 Å². The van der Waals surface area contributed by atoms with E-state index in [1.807, 2.05) is 6.92 Å². The first-order chi connectivity index (χ1) is 7.11. The molecule has 15 heavy (non-hydrogen) atoms. The molecule has 0 heterocycles. The van der Waals surface area contributed by atoms with Crippen LogP contribution in [0.2, 0.25) is 0 Å². The number of nitrogens with two attached hydrogens (primary N) is 1. The Bertz CT molecular complexity index is 207. The van der Waals surface area contributed by atoms with Crippen molar-refractivity contribution in [3.63, 3.8) is 0 Å². The maximum absolute atomic E-state index is 11.5. The third-order valence-electron chi connectivity index (χ3n) is 2.03. The number of carbonyl (C=O) groups excluding carboxylic acids is 2. The third-order valence-corrected chi connectivity index (χ3v) is 2.03. The zero-order valence-electron chi connectivity index (χ0n) is 9.58. The van der Waals surface area contributed by atoms with Crippen LogP contribution in [0.15, 0.2) is 0 Å². The van der Waals surface area contributed by atoms with E-state index >= 15 is 0 Å². The Labute approximate surface area is 91.0 Å². The van der Waals surface area contributed by atoms with Gasteiger partial charge in [0.2, 0.25) is 11.8 Å². The molecule has 0 aliphatic rings. The summed E-state index contributed by atoms with van der Waals surface area (Å²) in [6.45, 7) is 3.18. The van der Waals surface area contributed by atoms with E-state index in [1.54, 1.807) is 7.05 Å². The molecule has 0 radical (unpaired) electrons. The number of nitrogens with zero attached hydrogens (tertiary/aromatic N) is 1. The minimum atomic E-state index is -0.118. The van der Waals surface area contributed by atoms with E-state index in [4.69, 9.17) is 5.73 Å². The summed E-state index contributed by atoms with van der Waals surface area (Å²) in [5, 5.41) is 2.65. The quantitative estimate of drug-likeness (QED) is 0.573. The molecule has 0 bridgehead atoms. The monoisotopic (exact) mass is 215 g/mol. The first-order valence-electron chi connectivity index (χ1n) is 5.32. The number of likely N-dealkylation sites (N-methyl/N-ethyl adjacent to an activating group) is 2. The average Bonchev–Trinajstić information content (AvgIpc) is 2.18. The summed E-state index contributed by atoms with van der Waals surface area (Å²) in [6, 6.07) is 0. The van der Waals surface area contributed by atoms with Crippen LogP contribution >= 0.6 is 0 Å². The van der Waals surface area contributed by atoms with E-state index in [0.717, 1.165) is 12.8 Å². The number of hydrogen-bond acceptors (Lipinski definition) is 3. The normalized spacial score (nSPS) is 9.80. The van der Waals surface area contributed by atoms with E-state index in [1.165, 1.54) is 4.90 Å². The van der Waals surface area contributed by atoms with Gasteiger partial charge in [-0.2, -0.15) is 0 Å². The fraction of sp³-hybridized carbons (Fsp3) is 0.800. The van der Waals surface area contributed by atoms with Crippen molar-refractivity contribution >= 4 is 11.8 Å². The summed E-state index contributed by atoms with van der Waals surface area (Å²) < 4.78 is 0. The lowest BCUT2D eigenvalue weighted by atomic mass is 10.2. The second-order valence-electron chi connectivity index (χ2n) is 3.45. The van der Waals surface area contributed by atoms with Gasteiger partial charge in [-0.25, -0.2) is 0 Å². The Balaban J connectivity index is 3.73. The average molecular weight is 215 g/mol. The molecule has 0 spiro atoms. The number of carbonyl (C=O) groups is 2. The number of nitrogens with one attached hydrogen (secondary N) is 1. The van der Waals surface area contributed by atoms with E-state index in [2.05, 4.69) is 5.32 Å². The van der Waals surface area contributed by atoms with Crippen molar-refractivity contribution in [2.24, 2.45) is 5.73 Å². The van der Waals surface area contributed by atoms with Crippen molar-refractivity contribution in [3.8, 4) is 0 Å². The molecule has 0 aromatic carbocycles. The Morgan fingerprint density at radius 3 is 2.53 bits per heavy atom. The Morgan fingerprint density at radius 1 is 1.33 bits per heavy atom. The highest BCUT2D eigenvalue weighted by atomic mass is 16.2. The van der Waals surface area contributed by atoms with Crippen molar-refractivity contribution < 1.29 is 9.59 Å². The molecule has 0 atom stereocenters. The van der Waals surface area contributed by atoms with Crippen molar-refractivity contribution in [1.82, 2.24) is 10.2 Å². The van der Waals surface area contributed by atoms with Gasteiger partial charge in [0.15, 0.2) is 0 Å². The van der Waals surface area contributed by atoms with Crippen LogP contribution in [-0.4, -0.2) is 43.4 Å². The van der Waals surface area contributed by atoms with Gasteiger partial charge < -0.3 is 16.0 Å². The summed E-state index contributed by atoms with van der Waals surface area (Å²) in [5.41, 5.74) is 5.32. The molecule has 0 aliphatic carbocycles. The molecule has 0 rings (SSSR count). The SMILES string of the molecule is CCNC(=O)CN(C)C(=O)CCCCN. The predicted molar refractivity (Wildman–Crippen MR) is 59.2 cm³/mol. The summed E-state index contributed by atoms with van der Waals surface area (Å²) >= 11 is 0. The molecule has 3 N–H and O–H groups in total. The second-order valence-corrected chi connectivity index (χ2v) is 3.45. The van der Waals surface area contributed by atoms with Crippen LogP contribution in [0.1, 0.15) is 26.2 Å². The summed E-state index contributed by atoms with van der Waals surface area (Å²) in [5.74, 6) is -0.123. The first kappa shape index (κ1) is 13.9. The van der Waals surface area contributed by atoms with Gasteiger partial charge in [0.05, 0.1) is 6.54 Å². The Morgan fingerprint density at radius 2 is 2.00 bits per heavy atom. The maximum atomic E-state index is 11.5. The van der Waals surface area contributed by atoms with Gasteiger partial charge in [-0.05, 0) is 26.3 Å². The zero-order chi connectivity index (χ0) is 11.7. The van der Waals surface area contributed by atoms with Gasteiger partial charge in [0.25, 0.3) is 0 Å². The molecule has 5 nitrogen and oxygen atoms in total. The van der Waals surface area contributed by atoms with E-state index in [9.17, 15) is 9.59 Å². The van der Waals surface area contributed by atoms with Crippen LogP contribution in [0.4, 0.5) is 0 Å². The Kier molecular flexibility index (Phi) is 7.62. The molecule has 5 heteroatoms. The molecular weight excluding hydrogens is 194 g/mol. The first-order valence-corrected chi connectivity index (χ1v) is 5.32. The van der Waals surface area contributed by atoms with Crippen molar-refractivity contribution in [2.75, 3.05) is 26.7 Å². The molecule has 0 saturated heterocycles. The number of rotatable bonds is 7. The van der Waals surface area contributed by atoms with Crippen LogP contribution in [0, 0.1) is 0 Å². The zero-order valence-corrected chi connectivity index (χ0v) is 9.58. The lowest BCUT2D eigenvalue weighted by Gasteiger charge is -2.16. The lowest BCUT2D eigenvalue weighted by molar-refractivity contribution is -0.134. The number of hydrogen-bond donors (Lipinski definition) is 2.